The Kier molecular flexibility index (Phi) is 5.53. The second kappa shape index (κ2) is 8.12. The monoisotopic (exact) mass is 427 g/mol. The highest BCUT2D eigenvalue weighted by Gasteiger charge is 2.19. The molecule has 4 rings (SSSR count). The zero-order valence-electron chi connectivity index (χ0n) is 17.4. The third-order valence-corrected chi connectivity index (χ3v) is 5.79. The molecule has 0 aliphatic carbocycles. The summed E-state index contributed by atoms with van der Waals surface area (Å²) < 4.78 is 3.36. The first-order chi connectivity index (χ1) is 14.4. The fraction of sp³-hybridized carbons (Fsp3) is 0.381. The topological polar surface area (TPSA) is 107 Å². The van der Waals surface area contributed by atoms with Gasteiger partial charge in [-0.15, -0.1) is 0 Å². The van der Waals surface area contributed by atoms with Gasteiger partial charge in [0.15, 0.2) is 0 Å². The van der Waals surface area contributed by atoms with Crippen LogP contribution in [0, 0.1) is 0 Å². The highest BCUT2D eigenvalue weighted by Crippen LogP contribution is 2.36. The summed E-state index contributed by atoms with van der Waals surface area (Å²) in [4.78, 5) is 20.9. The van der Waals surface area contributed by atoms with E-state index in [0.717, 1.165) is 41.4 Å². The van der Waals surface area contributed by atoms with Crippen LogP contribution < -0.4 is 16.6 Å². The lowest BCUT2D eigenvalue weighted by atomic mass is 10.0. The van der Waals surface area contributed by atoms with Gasteiger partial charge in [0.1, 0.15) is 5.65 Å². The molecule has 0 unspecified atom stereocenters. The van der Waals surface area contributed by atoms with Gasteiger partial charge in [0.25, 0.3) is 5.56 Å². The number of fused-ring (bicyclic) bond motifs is 2. The van der Waals surface area contributed by atoms with Gasteiger partial charge in [-0.3, -0.25) is 14.0 Å². The number of H-pyrrole nitrogens is 1. The number of aryl methyl sites for hydroxylation is 1. The van der Waals surface area contributed by atoms with Crippen molar-refractivity contribution >= 4 is 39.5 Å². The molecule has 0 aliphatic rings. The molecule has 0 amide bonds. The molecule has 30 heavy (non-hydrogen) atoms. The molecule has 4 aromatic rings. The number of nitrogens with one attached hydrogen (secondary N) is 2. The molecular weight excluding hydrogens is 402 g/mol. The van der Waals surface area contributed by atoms with Gasteiger partial charge in [0.2, 0.25) is 5.95 Å². The van der Waals surface area contributed by atoms with Gasteiger partial charge in [-0.1, -0.05) is 31.0 Å². The van der Waals surface area contributed by atoms with Crippen LogP contribution in [0.1, 0.15) is 26.7 Å². The molecule has 0 aliphatic heterocycles. The first-order valence-electron chi connectivity index (χ1n) is 10.2. The Bertz CT molecular complexity index is 1270. The first-order valence-corrected chi connectivity index (χ1v) is 10.6. The summed E-state index contributed by atoms with van der Waals surface area (Å²) in [6, 6.07) is 3.83. The van der Waals surface area contributed by atoms with Crippen LogP contribution >= 0.6 is 11.6 Å². The SMILES string of the molecule is CCC[C@H](N)CNc1nc2[nH]cc(-c3ccc4nn(CC)cc4c3Cl)c2c(=O)n1C. The number of aromatic amines is 1. The summed E-state index contributed by atoms with van der Waals surface area (Å²) in [5, 5.41) is 9.63. The van der Waals surface area contributed by atoms with Crippen LogP contribution in [0.4, 0.5) is 5.95 Å². The maximum atomic E-state index is 13.2. The fourth-order valence-corrected chi connectivity index (χ4v) is 4.02. The minimum Gasteiger partial charge on any atom is -0.354 e. The third kappa shape index (κ3) is 3.46. The molecule has 9 heteroatoms. The van der Waals surface area contributed by atoms with E-state index in [1.165, 1.54) is 4.57 Å². The standard InChI is InChI=1S/C21H26ClN7O/c1-4-6-12(23)9-25-21-26-19-17(20(30)28(21)3)14(10-24-19)13-7-8-16-15(18(13)22)11-29(5-2)27-16/h7-8,10-12,24H,4-6,9,23H2,1-3H3,(H,25,26)/t12-/m0/s1. The number of nitrogens with two attached hydrogens (primary N) is 1. The highest BCUT2D eigenvalue weighted by molar-refractivity contribution is 6.38. The fourth-order valence-electron chi connectivity index (χ4n) is 3.71. The molecule has 3 heterocycles. The largest absolute Gasteiger partial charge is 0.354 e. The predicted octanol–water partition coefficient (Wildman–Crippen LogP) is 3.49. The van der Waals surface area contributed by atoms with E-state index in [4.69, 9.17) is 17.3 Å². The summed E-state index contributed by atoms with van der Waals surface area (Å²) in [5.74, 6) is 0.484. The molecule has 0 spiro atoms. The molecular formula is C21H26ClN7O. The number of rotatable bonds is 7. The number of anilines is 1. The van der Waals surface area contributed by atoms with Crippen LogP contribution in [0.2, 0.25) is 5.02 Å². The lowest BCUT2D eigenvalue weighted by Crippen LogP contribution is -2.31. The maximum Gasteiger partial charge on any atom is 0.264 e. The van der Waals surface area contributed by atoms with Gasteiger partial charge in [-0.05, 0) is 19.4 Å². The average molecular weight is 428 g/mol. The van der Waals surface area contributed by atoms with Gasteiger partial charge < -0.3 is 16.0 Å². The Morgan fingerprint density at radius 1 is 1.30 bits per heavy atom. The Labute approximate surface area is 179 Å². The van der Waals surface area contributed by atoms with Crippen molar-refractivity contribution in [1.29, 1.82) is 0 Å². The summed E-state index contributed by atoms with van der Waals surface area (Å²) >= 11 is 6.72. The van der Waals surface area contributed by atoms with Crippen molar-refractivity contribution < 1.29 is 0 Å². The number of benzene rings is 1. The number of halogens is 1. The van der Waals surface area contributed by atoms with E-state index < -0.39 is 0 Å². The number of nitrogens with zero attached hydrogens (tertiary/aromatic N) is 4. The molecule has 0 saturated heterocycles. The van der Waals surface area contributed by atoms with E-state index in [-0.39, 0.29) is 11.6 Å². The minimum absolute atomic E-state index is 0.0105. The van der Waals surface area contributed by atoms with Crippen molar-refractivity contribution in [1.82, 2.24) is 24.3 Å². The predicted molar refractivity (Wildman–Crippen MR) is 122 cm³/mol. The van der Waals surface area contributed by atoms with Crippen molar-refractivity contribution in [2.45, 2.75) is 39.3 Å². The molecule has 1 aromatic carbocycles. The molecule has 1 atom stereocenters. The first kappa shape index (κ1) is 20.4. The lowest BCUT2D eigenvalue weighted by Gasteiger charge is -2.14. The lowest BCUT2D eigenvalue weighted by molar-refractivity contribution is 0.622. The summed E-state index contributed by atoms with van der Waals surface area (Å²) in [6.07, 6.45) is 5.62. The number of hydrogen-bond donors (Lipinski definition) is 3. The van der Waals surface area contributed by atoms with Crippen LogP contribution in [-0.4, -0.2) is 36.9 Å². The Hall–Kier alpha value is -2.84. The quantitative estimate of drug-likeness (QED) is 0.418. The Morgan fingerprint density at radius 3 is 2.83 bits per heavy atom. The maximum absolute atomic E-state index is 13.2. The van der Waals surface area contributed by atoms with Gasteiger partial charge in [-0.2, -0.15) is 10.1 Å². The zero-order chi connectivity index (χ0) is 21.4. The Balaban J connectivity index is 1.78. The second-order valence-corrected chi connectivity index (χ2v) is 7.88. The van der Waals surface area contributed by atoms with Crippen LogP contribution in [0.15, 0.2) is 29.3 Å². The molecule has 0 bridgehead atoms. The smallest absolute Gasteiger partial charge is 0.264 e. The Morgan fingerprint density at radius 2 is 2.10 bits per heavy atom. The molecule has 0 fully saturated rings. The van der Waals surface area contributed by atoms with E-state index in [1.807, 2.05) is 29.9 Å². The summed E-state index contributed by atoms with van der Waals surface area (Å²) in [5.41, 5.74) is 8.77. The van der Waals surface area contributed by atoms with Gasteiger partial charge >= 0.3 is 0 Å². The van der Waals surface area contributed by atoms with Crippen molar-refractivity contribution in [3.8, 4) is 11.1 Å². The molecule has 4 N–H and O–H groups in total. The van der Waals surface area contributed by atoms with Crippen LogP contribution in [0.25, 0.3) is 33.1 Å². The molecule has 0 radical (unpaired) electrons. The second-order valence-electron chi connectivity index (χ2n) is 7.50. The van der Waals surface area contributed by atoms with Crippen LogP contribution in [0.3, 0.4) is 0 Å². The van der Waals surface area contributed by atoms with E-state index in [0.29, 0.717) is 28.5 Å². The van der Waals surface area contributed by atoms with Crippen molar-refractivity contribution in [2.24, 2.45) is 12.8 Å². The average Bonchev–Trinajstić information content (AvgIpc) is 3.34. The van der Waals surface area contributed by atoms with E-state index in [2.05, 4.69) is 27.3 Å². The van der Waals surface area contributed by atoms with Crippen LogP contribution in [-0.2, 0) is 13.6 Å². The number of hydrogen-bond acceptors (Lipinski definition) is 5. The van der Waals surface area contributed by atoms with Crippen molar-refractivity contribution in [2.75, 3.05) is 11.9 Å². The van der Waals surface area contributed by atoms with Gasteiger partial charge in [0.05, 0.1) is 15.9 Å². The van der Waals surface area contributed by atoms with E-state index in [9.17, 15) is 4.79 Å². The summed E-state index contributed by atoms with van der Waals surface area (Å²) in [7, 11) is 1.70. The summed E-state index contributed by atoms with van der Waals surface area (Å²) in [6.45, 7) is 5.43. The molecule has 0 saturated carbocycles. The molecule has 158 valence electrons. The molecule has 3 aromatic heterocycles. The van der Waals surface area contributed by atoms with Crippen molar-refractivity contribution in [3.63, 3.8) is 0 Å². The number of aromatic nitrogens is 5. The minimum atomic E-state index is -0.150. The molecule has 8 nitrogen and oxygen atoms in total. The van der Waals surface area contributed by atoms with Gasteiger partial charge in [0, 0.05) is 55.1 Å². The van der Waals surface area contributed by atoms with Gasteiger partial charge in [-0.25, -0.2) is 0 Å². The van der Waals surface area contributed by atoms with Crippen molar-refractivity contribution in [3.05, 3.63) is 39.9 Å². The normalized spacial score (nSPS) is 12.7. The highest BCUT2D eigenvalue weighted by atomic mass is 35.5. The van der Waals surface area contributed by atoms with E-state index >= 15 is 0 Å². The van der Waals surface area contributed by atoms with Crippen LogP contribution in [0.5, 0.6) is 0 Å². The third-order valence-electron chi connectivity index (χ3n) is 5.38. The van der Waals surface area contributed by atoms with E-state index in [1.54, 1.807) is 13.2 Å². The zero-order valence-corrected chi connectivity index (χ0v) is 18.1.